The molecule has 7 heteroatoms. The second-order valence-corrected chi connectivity index (χ2v) is 7.28. The molecule has 2 rings (SSSR count). The molecule has 4 nitrogen and oxygen atoms in total. The van der Waals surface area contributed by atoms with Crippen LogP contribution in [0.15, 0.2) is 29.6 Å². The van der Waals surface area contributed by atoms with Gasteiger partial charge in [-0.1, -0.05) is 29.8 Å². The summed E-state index contributed by atoms with van der Waals surface area (Å²) in [5.41, 5.74) is 1.59. The molecule has 1 unspecified atom stereocenters. The van der Waals surface area contributed by atoms with Gasteiger partial charge in [0.25, 0.3) is 0 Å². The van der Waals surface area contributed by atoms with Crippen molar-refractivity contribution < 1.29 is 9.90 Å². The summed E-state index contributed by atoms with van der Waals surface area (Å²) in [4.78, 5) is 16.6. The van der Waals surface area contributed by atoms with E-state index in [1.165, 1.54) is 11.3 Å². The molecule has 1 aromatic carbocycles. The Hall–Kier alpha value is -1.08. The first kappa shape index (κ1) is 18.3. The molecule has 124 valence electrons. The number of aliphatic hydroxyl groups is 1. The van der Waals surface area contributed by atoms with Crippen molar-refractivity contribution in [3.05, 3.63) is 40.4 Å². The van der Waals surface area contributed by atoms with E-state index in [-0.39, 0.29) is 25.0 Å². The lowest BCUT2D eigenvalue weighted by molar-refractivity contribution is -0.121. The lowest BCUT2D eigenvalue weighted by atomic mass is 10.2. The van der Waals surface area contributed by atoms with E-state index in [9.17, 15) is 9.90 Å². The van der Waals surface area contributed by atoms with E-state index in [0.29, 0.717) is 10.7 Å². The third kappa shape index (κ3) is 5.49. The Balaban J connectivity index is 1.96. The Kier molecular flexibility index (Phi) is 7.36. The van der Waals surface area contributed by atoms with E-state index in [1.54, 1.807) is 11.8 Å². The molecule has 2 N–H and O–H groups in total. The van der Waals surface area contributed by atoms with Gasteiger partial charge in [0, 0.05) is 10.9 Å². The third-order valence-electron chi connectivity index (χ3n) is 3.25. The number of carbonyl (C=O) groups excluding carboxylic acids is 1. The molecule has 0 aliphatic carbocycles. The molecule has 0 bridgehead atoms. The average molecular weight is 371 g/mol. The molecular formula is C16H19ClN2O2S2. The van der Waals surface area contributed by atoms with Crippen LogP contribution >= 0.6 is 34.7 Å². The first-order valence-corrected chi connectivity index (χ1v) is 9.87. The Labute approximate surface area is 149 Å². The normalized spacial score (nSPS) is 12.1. The van der Waals surface area contributed by atoms with Gasteiger partial charge in [-0.3, -0.25) is 4.79 Å². The van der Waals surface area contributed by atoms with Gasteiger partial charge < -0.3 is 10.4 Å². The number of thioether (sulfide) groups is 1. The van der Waals surface area contributed by atoms with Crippen LogP contribution in [0.1, 0.15) is 12.1 Å². The Morgan fingerprint density at radius 2 is 2.26 bits per heavy atom. The third-order valence-corrected chi connectivity index (χ3v) is 5.15. The summed E-state index contributed by atoms with van der Waals surface area (Å²) < 4.78 is 0. The van der Waals surface area contributed by atoms with Crippen LogP contribution in [0.3, 0.4) is 0 Å². The topological polar surface area (TPSA) is 62.2 Å². The average Bonchev–Trinajstić information content (AvgIpc) is 3.00. The van der Waals surface area contributed by atoms with Crippen LogP contribution in [0.5, 0.6) is 0 Å². The van der Waals surface area contributed by atoms with Gasteiger partial charge in [-0.25, -0.2) is 4.98 Å². The molecule has 0 aliphatic rings. The SMILES string of the molecule is CSCCC(CO)NC(=O)Cc1csc(-c2ccccc2Cl)n1. The van der Waals surface area contributed by atoms with E-state index < -0.39 is 0 Å². The van der Waals surface area contributed by atoms with Crippen molar-refractivity contribution in [2.45, 2.75) is 18.9 Å². The highest BCUT2D eigenvalue weighted by atomic mass is 35.5. The largest absolute Gasteiger partial charge is 0.394 e. The fourth-order valence-electron chi connectivity index (χ4n) is 2.06. The number of nitrogens with zero attached hydrogens (tertiary/aromatic N) is 1. The van der Waals surface area contributed by atoms with Gasteiger partial charge in [-0.05, 0) is 24.5 Å². The zero-order valence-corrected chi connectivity index (χ0v) is 15.2. The molecular weight excluding hydrogens is 352 g/mol. The quantitative estimate of drug-likeness (QED) is 0.748. The van der Waals surface area contributed by atoms with Crippen molar-refractivity contribution in [1.29, 1.82) is 0 Å². The van der Waals surface area contributed by atoms with Crippen LogP contribution in [0.2, 0.25) is 5.02 Å². The van der Waals surface area contributed by atoms with Gasteiger partial charge in [0.05, 0.1) is 29.8 Å². The van der Waals surface area contributed by atoms with Crippen molar-refractivity contribution >= 4 is 40.6 Å². The highest BCUT2D eigenvalue weighted by molar-refractivity contribution is 7.98. The van der Waals surface area contributed by atoms with Crippen molar-refractivity contribution in [1.82, 2.24) is 10.3 Å². The van der Waals surface area contributed by atoms with Crippen LogP contribution in [0.25, 0.3) is 10.6 Å². The monoisotopic (exact) mass is 370 g/mol. The van der Waals surface area contributed by atoms with E-state index in [4.69, 9.17) is 11.6 Å². The summed E-state index contributed by atoms with van der Waals surface area (Å²) in [6, 6.07) is 7.32. The van der Waals surface area contributed by atoms with Crippen LogP contribution < -0.4 is 5.32 Å². The molecule has 1 heterocycles. The lowest BCUT2D eigenvalue weighted by Gasteiger charge is -2.15. The van der Waals surface area contributed by atoms with Crippen molar-refractivity contribution in [3.63, 3.8) is 0 Å². The van der Waals surface area contributed by atoms with Crippen molar-refractivity contribution in [3.8, 4) is 10.6 Å². The van der Waals surface area contributed by atoms with E-state index in [1.807, 2.05) is 35.9 Å². The predicted octanol–water partition coefficient (Wildman–Crippen LogP) is 3.24. The van der Waals surface area contributed by atoms with Crippen LogP contribution in [0, 0.1) is 0 Å². The van der Waals surface area contributed by atoms with Gasteiger partial charge in [0.1, 0.15) is 5.01 Å². The zero-order valence-electron chi connectivity index (χ0n) is 12.8. The summed E-state index contributed by atoms with van der Waals surface area (Å²) in [6.07, 6.45) is 2.96. The maximum atomic E-state index is 12.1. The first-order chi connectivity index (χ1) is 11.1. The zero-order chi connectivity index (χ0) is 16.7. The van der Waals surface area contributed by atoms with Gasteiger partial charge in [-0.15, -0.1) is 11.3 Å². The number of aromatic nitrogens is 1. The first-order valence-electron chi connectivity index (χ1n) is 7.22. The highest BCUT2D eigenvalue weighted by Crippen LogP contribution is 2.30. The molecule has 23 heavy (non-hydrogen) atoms. The molecule has 0 fully saturated rings. The number of benzene rings is 1. The van der Waals surface area contributed by atoms with Crippen molar-refractivity contribution in [2.75, 3.05) is 18.6 Å². The smallest absolute Gasteiger partial charge is 0.226 e. The molecule has 0 saturated carbocycles. The predicted molar refractivity (Wildman–Crippen MR) is 98.3 cm³/mol. The number of aliphatic hydroxyl groups excluding tert-OH is 1. The van der Waals surface area contributed by atoms with E-state index in [0.717, 1.165) is 22.7 Å². The molecule has 0 spiro atoms. The van der Waals surface area contributed by atoms with Gasteiger partial charge in [0.15, 0.2) is 0 Å². The summed E-state index contributed by atoms with van der Waals surface area (Å²) in [5, 5.41) is 15.5. The number of carbonyl (C=O) groups is 1. The molecule has 0 radical (unpaired) electrons. The van der Waals surface area contributed by atoms with Crippen LogP contribution in [0.4, 0.5) is 0 Å². The number of amides is 1. The molecule has 1 atom stereocenters. The second-order valence-electron chi connectivity index (χ2n) is 5.03. The van der Waals surface area contributed by atoms with Gasteiger partial charge >= 0.3 is 0 Å². The number of rotatable bonds is 8. The van der Waals surface area contributed by atoms with Gasteiger partial charge in [-0.2, -0.15) is 11.8 Å². The Morgan fingerprint density at radius 1 is 1.48 bits per heavy atom. The minimum atomic E-state index is -0.198. The van der Waals surface area contributed by atoms with E-state index >= 15 is 0 Å². The fraction of sp³-hybridized carbons (Fsp3) is 0.375. The minimum absolute atomic E-state index is 0.0474. The fourth-order valence-corrected chi connectivity index (χ4v) is 3.72. The molecule has 1 aromatic heterocycles. The van der Waals surface area contributed by atoms with Crippen LogP contribution in [-0.2, 0) is 11.2 Å². The number of halogens is 1. The molecule has 0 aliphatic heterocycles. The summed E-state index contributed by atoms with van der Waals surface area (Å²) in [7, 11) is 0. The summed E-state index contributed by atoms with van der Waals surface area (Å²) in [5.74, 6) is 0.778. The molecule has 2 aromatic rings. The number of hydrogen-bond donors (Lipinski definition) is 2. The lowest BCUT2D eigenvalue weighted by Crippen LogP contribution is -2.38. The maximum absolute atomic E-state index is 12.1. The summed E-state index contributed by atoms with van der Waals surface area (Å²) >= 11 is 9.33. The standard InChI is InChI=1S/C16H19ClN2O2S2/c1-22-7-6-11(9-20)18-15(21)8-12-10-23-16(19-12)13-4-2-3-5-14(13)17/h2-5,10-11,20H,6-9H2,1H3,(H,18,21). The Bertz CT molecular complexity index is 649. The number of thiazole rings is 1. The van der Waals surface area contributed by atoms with Crippen molar-refractivity contribution in [2.24, 2.45) is 0 Å². The van der Waals surface area contributed by atoms with Gasteiger partial charge in [0.2, 0.25) is 5.91 Å². The minimum Gasteiger partial charge on any atom is -0.394 e. The molecule has 0 saturated heterocycles. The second kappa shape index (κ2) is 9.27. The molecule has 1 amide bonds. The van der Waals surface area contributed by atoms with E-state index in [2.05, 4.69) is 10.3 Å². The number of nitrogens with one attached hydrogen (secondary N) is 1. The van der Waals surface area contributed by atoms with Crippen LogP contribution in [-0.4, -0.2) is 40.7 Å². The highest BCUT2D eigenvalue weighted by Gasteiger charge is 2.14. The maximum Gasteiger partial charge on any atom is 0.226 e. The summed E-state index contributed by atoms with van der Waals surface area (Å²) in [6.45, 7) is -0.0474. The number of hydrogen-bond acceptors (Lipinski definition) is 5. The Morgan fingerprint density at radius 3 is 2.96 bits per heavy atom.